The number of hydrogen-bond acceptors (Lipinski definition) is 3. The molecule has 18 heavy (non-hydrogen) atoms. The Kier molecular flexibility index (Phi) is 4.45. The van der Waals surface area contributed by atoms with E-state index in [0.717, 1.165) is 25.9 Å². The fourth-order valence-corrected chi connectivity index (χ4v) is 2.25. The molecule has 0 spiro atoms. The zero-order chi connectivity index (χ0) is 13.1. The van der Waals surface area contributed by atoms with Gasteiger partial charge in [0, 0.05) is 24.7 Å². The third-order valence-electron chi connectivity index (χ3n) is 3.05. The number of nitrogens with two attached hydrogens (primary N) is 1. The van der Waals surface area contributed by atoms with E-state index >= 15 is 0 Å². The lowest BCUT2D eigenvalue weighted by atomic mass is 10.1. The molecule has 1 fully saturated rings. The Morgan fingerprint density at radius 3 is 2.56 bits per heavy atom. The first-order valence-corrected chi connectivity index (χ1v) is 6.57. The molecule has 3 N–H and O–H groups in total. The molecule has 0 saturated carbocycles. The number of nitrogens with zero attached hydrogens (tertiary/aromatic N) is 1. The summed E-state index contributed by atoms with van der Waals surface area (Å²) in [6.07, 6.45) is 1.73. The average molecular weight is 288 g/mol. The van der Waals surface area contributed by atoms with E-state index in [9.17, 15) is 4.79 Å². The van der Waals surface area contributed by atoms with Gasteiger partial charge in [-0.25, -0.2) is 5.01 Å². The third kappa shape index (κ3) is 3.36. The van der Waals surface area contributed by atoms with Crippen LogP contribution in [0.1, 0.15) is 23.2 Å². The van der Waals surface area contributed by atoms with E-state index in [2.05, 4.69) is 5.32 Å². The van der Waals surface area contributed by atoms with Gasteiger partial charge >= 0.3 is 0 Å². The number of carbonyl (C=O) groups excluding carboxylic acids is 1. The normalized spacial score (nSPS) is 17.7. The average Bonchev–Trinajstić information content (AvgIpc) is 2.35. The van der Waals surface area contributed by atoms with Crippen molar-refractivity contribution in [2.75, 3.05) is 13.1 Å². The van der Waals surface area contributed by atoms with Crippen LogP contribution in [0.4, 0.5) is 0 Å². The highest BCUT2D eigenvalue weighted by Crippen LogP contribution is 2.22. The van der Waals surface area contributed by atoms with Gasteiger partial charge in [0.05, 0.1) is 10.0 Å². The molecule has 0 aromatic heterocycles. The van der Waals surface area contributed by atoms with Crippen molar-refractivity contribution in [3.05, 3.63) is 33.8 Å². The molecule has 0 atom stereocenters. The molecule has 1 aliphatic heterocycles. The number of amides is 1. The highest BCUT2D eigenvalue weighted by atomic mass is 35.5. The summed E-state index contributed by atoms with van der Waals surface area (Å²) in [5.74, 6) is 5.54. The molecule has 98 valence electrons. The molecule has 0 aliphatic carbocycles. The van der Waals surface area contributed by atoms with Crippen LogP contribution >= 0.6 is 23.2 Å². The molecule has 1 saturated heterocycles. The number of carbonyl (C=O) groups is 1. The van der Waals surface area contributed by atoms with Crippen LogP contribution in [0, 0.1) is 0 Å². The molecular formula is C12H15Cl2N3O. The molecule has 1 amide bonds. The number of halogens is 2. The maximum atomic E-state index is 12.0. The Morgan fingerprint density at radius 1 is 1.28 bits per heavy atom. The Balaban J connectivity index is 1.97. The molecule has 0 bridgehead atoms. The number of hydrogen-bond donors (Lipinski definition) is 2. The minimum Gasteiger partial charge on any atom is -0.349 e. The predicted octanol–water partition coefficient (Wildman–Crippen LogP) is 2.06. The Hall–Kier alpha value is -0.810. The number of hydrazine groups is 1. The van der Waals surface area contributed by atoms with E-state index < -0.39 is 0 Å². The van der Waals surface area contributed by atoms with Gasteiger partial charge in [0.15, 0.2) is 0 Å². The summed E-state index contributed by atoms with van der Waals surface area (Å²) in [5.41, 5.74) is 0.527. The van der Waals surface area contributed by atoms with Crippen molar-refractivity contribution in [2.45, 2.75) is 18.9 Å². The van der Waals surface area contributed by atoms with E-state index in [1.165, 1.54) is 0 Å². The topological polar surface area (TPSA) is 58.4 Å². The van der Waals surface area contributed by atoms with Gasteiger partial charge in [-0.2, -0.15) is 0 Å². The Morgan fingerprint density at radius 2 is 1.94 bits per heavy atom. The molecule has 2 rings (SSSR count). The summed E-state index contributed by atoms with van der Waals surface area (Å²) in [4.78, 5) is 12.0. The number of nitrogens with one attached hydrogen (secondary N) is 1. The number of rotatable bonds is 2. The van der Waals surface area contributed by atoms with E-state index in [0.29, 0.717) is 15.6 Å². The van der Waals surface area contributed by atoms with Crippen LogP contribution in [0.5, 0.6) is 0 Å². The van der Waals surface area contributed by atoms with Gasteiger partial charge in [-0.05, 0) is 31.0 Å². The van der Waals surface area contributed by atoms with Gasteiger partial charge in [-0.3, -0.25) is 10.6 Å². The fourth-order valence-electron chi connectivity index (χ4n) is 1.95. The monoisotopic (exact) mass is 287 g/mol. The Labute approximate surface area is 116 Å². The van der Waals surface area contributed by atoms with Crippen LogP contribution in [0.25, 0.3) is 0 Å². The van der Waals surface area contributed by atoms with Crippen molar-refractivity contribution in [1.82, 2.24) is 10.3 Å². The SMILES string of the molecule is NN1CCC(NC(=O)c2ccc(Cl)c(Cl)c2)CC1. The lowest BCUT2D eigenvalue weighted by molar-refractivity contribution is 0.0911. The minimum absolute atomic E-state index is 0.121. The van der Waals surface area contributed by atoms with Crippen LogP contribution in [0.15, 0.2) is 18.2 Å². The van der Waals surface area contributed by atoms with Crippen LogP contribution in [-0.2, 0) is 0 Å². The third-order valence-corrected chi connectivity index (χ3v) is 3.79. The van der Waals surface area contributed by atoms with E-state index in [4.69, 9.17) is 29.0 Å². The highest BCUT2D eigenvalue weighted by molar-refractivity contribution is 6.42. The molecule has 1 aliphatic rings. The van der Waals surface area contributed by atoms with Gasteiger partial charge in [0.1, 0.15) is 0 Å². The van der Waals surface area contributed by atoms with Gasteiger partial charge in [-0.1, -0.05) is 23.2 Å². The van der Waals surface area contributed by atoms with Gasteiger partial charge in [0.2, 0.25) is 0 Å². The van der Waals surface area contributed by atoms with Crippen LogP contribution in [0.3, 0.4) is 0 Å². The fraction of sp³-hybridized carbons (Fsp3) is 0.417. The highest BCUT2D eigenvalue weighted by Gasteiger charge is 2.19. The summed E-state index contributed by atoms with van der Waals surface area (Å²) >= 11 is 11.7. The predicted molar refractivity (Wildman–Crippen MR) is 72.7 cm³/mol. The van der Waals surface area contributed by atoms with E-state index in [1.54, 1.807) is 23.2 Å². The van der Waals surface area contributed by atoms with E-state index in [1.807, 2.05) is 0 Å². The first-order valence-electron chi connectivity index (χ1n) is 5.82. The second-order valence-corrected chi connectivity index (χ2v) is 5.23. The van der Waals surface area contributed by atoms with Gasteiger partial charge in [-0.15, -0.1) is 0 Å². The summed E-state index contributed by atoms with van der Waals surface area (Å²) in [6, 6.07) is 5.05. The molecule has 0 unspecified atom stereocenters. The molecule has 1 aromatic rings. The quantitative estimate of drug-likeness (QED) is 0.819. The minimum atomic E-state index is -0.121. The maximum Gasteiger partial charge on any atom is 0.251 e. The summed E-state index contributed by atoms with van der Waals surface area (Å²) in [5, 5.41) is 5.58. The lowest BCUT2D eigenvalue weighted by Gasteiger charge is -2.29. The summed E-state index contributed by atoms with van der Waals surface area (Å²) in [7, 11) is 0. The first kappa shape index (κ1) is 13.6. The van der Waals surface area contributed by atoms with Crippen LogP contribution in [-0.4, -0.2) is 30.0 Å². The standard InChI is InChI=1S/C12H15Cl2N3O/c13-10-2-1-8(7-11(10)14)12(18)16-9-3-5-17(15)6-4-9/h1-2,7,9H,3-6,15H2,(H,16,18). The Bertz CT molecular complexity index is 445. The van der Waals surface area contributed by atoms with E-state index in [-0.39, 0.29) is 11.9 Å². The van der Waals surface area contributed by atoms with Crippen LogP contribution in [0.2, 0.25) is 10.0 Å². The van der Waals surface area contributed by atoms with Crippen molar-refractivity contribution in [1.29, 1.82) is 0 Å². The summed E-state index contributed by atoms with van der Waals surface area (Å²) in [6.45, 7) is 1.60. The zero-order valence-electron chi connectivity index (χ0n) is 9.83. The molecule has 0 radical (unpaired) electrons. The van der Waals surface area contributed by atoms with Crippen molar-refractivity contribution in [3.8, 4) is 0 Å². The van der Waals surface area contributed by atoms with Gasteiger partial charge < -0.3 is 5.32 Å². The maximum absolute atomic E-state index is 12.0. The molecular weight excluding hydrogens is 273 g/mol. The summed E-state index contributed by atoms with van der Waals surface area (Å²) < 4.78 is 0. The largest absolute Gasteiger partial charge is 0.349 e. The van der Waals surface area contributed by atoms with Crippen molar-refractivity contribution in [3.63, 3.8) is 0 Å². The molecule has 1 aromatic carbocycles. The van der Waals surface area contributed by atoms with Gasteiger partial charge in [0.25, 0.3) is 5.91 Å². The molecule has 6 heteroatoms. The smallest absolute Gasteiger partial charge is 0.251 e. The number of benzene rings is 1. The van der Waals surface area contributed by atoms with Crippen molar-refractivity contribution in [2.24, 2.45) is 5.84 Å². The lowest BCUT2D eigenvalue weighted by Crippen LogP contribution is -2.47. The van der Waals surface area contributed by atoms with Crippen molar-refractivity contribution >= 4 is 29.1 Å². The zero-order valence-corrected chi connectivity index (χ0v) is 11.3. The molecule has 4 nitrogen and oxygen atoms in total. The molecule has 1 heterocycles. The van der Waals surface area contributed by atoms with Crippen molar-refractivity contribution < 1.29 is 4.79 Å². The first-order chi connectivity index (χ1) is 8.56. The van der Waals surface area contributed by atoms with Crippen LogP contribution < -0.4 is 11.2 Å². The number of piperidine rings is 1. The second kappa shape index (κ2) is 5.89. The second-order valence-electron chi connectivity index (χ2n) is 4.41.